The highest BCUT2D eigenvalue weighted by Gasteiger charge is 2.62. The first-order valence-corrected chi connectivity index (χ1v) is 4.40. The quantitative estimate of drug-likeness (QED) is 0.287. The second kappa shape index (κ2) is 1.92. The van der Waals surface area contributed by atoms with Crippen LogP contribution in [0.2, 0.25) is 0 Å². The van der Waals surface area contributed by atoms with Gasteiger partial charge in [0.15, 0.2) is 0 Å². The molecule has 0 unspecified atom stereocenters. The van der Waals surface area contributed by atoms with E-state index in [0.717, 1.165) is 0 Å². The summed E-state index contributed by atoms with van der Waals surface area (Å²) in [5.41, 5.74) is 7.49. The second-order valence-electron chi connectivity index (χ2n) is 1.79. The van der Waals surface area contributed by atoms with Gasteiger partial charge >= 0.3 is 0 Å². The highest BCUT2D eigenvalue weighted by atomic mass is 32.5. The third-order valence-corrected chi connectivity index (χ3v) is 1.59. The molecule has 0 heterocycles. The molecule has 0 aliphatic carbocycles. The first-order valence-electron chi connectivity index (χ1n) is 2.28. The molecule has 0 amide bonds. The van der Waals surface area contributed by atoms with Crippen molar-refractivity contribution in [1.29, 1.82) is 0 Å². The number of hydrogen-bond acceptors (Lipinski definition) is 1. The molecule has 0 aromatic heterocycles. The van der Waals surface area contributed by atoms with Crippen molar-refractivity contribution in [3.8, 4) is 0 Å². The maximum atomic E-state index is 11.4. The summed E-state index contributed by atoms with van der Waals surface area (Å²) in [6, 6.07) is 0. The van der Waals surface area contributed by atoms with Crippen molar-refractivity contribution in [2.45, 2.75) is 0 Å². The van der Waals surface area contributed by atoms with E-state index in [4.69, 9.17) is 5.53 Å². The Morgan fingerprint density at radius 3 is 1.91 bits per heavy atom. The van der Waals surface area contributed by atoms with Gasteiger partial charge in [0.1, 0.15) is 0 Å². The normalized spacial score (nSPS) is 17.9. The van der Waals surface area contributed by atoms with Gasteiger partial charge in [-0.2, -0.15) is 0 Å². The molecule has 0 aromatic carbocycles. The van der Waals surface area contributed by atoms with Gasteiger partial charge in [-0.1, -0.05) is 24.5 Å². The summed E-state index contributed by atoms with van der Waals surface area (Å²) in [5, 5.41) is 2.36. The average molecular weight is 197 g/mol. The van der Waals surface area contributed by atoms with Crippen LogP contribution in [0.15, 0.2) is 5.11 Å². The van der Waals surface area contributed by atoms with E-state index in [1.165, 1.54) is 0 Å². The Labute approximate surface area is 58.5 Å². The van der Waals surface area contributed by atoms with Crippen LogP contribution in [0, 0.1) is 0 Å². The molecule has 0 saturated carbocycles. The smallest absolute Gasteiger partial charge is 0.0978 e. The zero-order chi connectivity index (χ0) is 9.24. The molecule has 0 aliphatic heterocycles. The second-order valence-corrected chi connectivity index (χ2v) is 4.45. The van der Waals surface area contributed by atoms with Gasteiger partial charge in [0.2, 0.25) is 0 Å². The summed E-state index contributed by atoms with van der Waals surface area (Å²) in [5.74, 6) is -2.33. The van der Waals surface area contributed by atoms with E-state index in [2.05, 4.69) is 5.11 Å². The van der Waals surface area contributed by atoms with Gasteiger partial charge in [0.25, 0.3) is 10.2 Å². The minimum absolute atomic E-state index is 1.26. The lowest BCUT2D eigenvalue weighted by molar-refractivity contribution is 0.365. The summed E-state index contributed by atoms with van der Waals surface area (Å²) < 4.78 is 56.8. The molecular formula is C2H4F5N3S. The van der Waals surface area contributed by atoms with Gasteiger partial charge in [-0.25, -0.2) is 0 Å². The largest absolute Gasteiger partial charge is 0.286 e. The fourth-order valence-corrected chi connectivity index (χ4v) is 0.685. The molecular weight excluding hydrogens is 193 g/mol. The van der Waals surface area contributed by atoms with Crippen molar-refractivity contribution in [2.75, 3.05) is 12.3 Å². The molecule has 0 radical (unpaired) electrons. The van der Waals surface area contributed by atoms with Crippen LogP contribution in [-0.4, -0.2) is 12.3 Å². The zero-order valence-electron chi connectivity index (χ0n) is 5.05. The topological polar surface area (TPSA) is 48.8 Å². The molecule has 68 valence electrons. The lowest BCUT2D eigenvalue weighted by Crippen LogP contribution is -2.12. The number of azide groups is 1. The molecule has 0 N–H and O–H groups in total. The van der Waals surface area contributed by atoms with Gasteiger partial charge in [-0.15, -0.1) is 0 Å². The highest BCUT2D eigenvalue weighted by molar-refractivity contribution is 8.45. The van der Waals surface area contributed by atoms with E-state index in [-0.39, 0.29) is 0 Å². The molecule has 0 atom stereocenters. The van der Waals surface area contributed by atoms with E-state index in [1.807, 2.05) is 4.91 Å². The maximum Gasteiger partial charge on any atom is 0.286 e. The van der Waals surface area contributed by atoms with E-state index < -0.39 is 22.5 Å². The van der Waals surface area contributed by atoms with Gasteiger partial charge in [0.05, 0.1) is 5.75 Å². The standard InChI is InChI=1S/C2H4F5N3S/c3-11(4,5,6,7)2-1-9-10-8/h1-2H2. The Morgan fingerprint density at radius 2 is 1.64 bits per heavy atom. The molecule has 0 spiro atoms. The molecule has 0 saturated heterocycles. The molecule has 0 aromatic rings. The minimum Gasteiger partial charge on any atom is -0.0978 e. The molecule has 3 nitrogen and oxygen atoms in total. The number of rotatable bonds is 3. The van der Waals surface area contributed by atoms with Crippen molar-refractivity contribution in [3.05, 3.63) is 10.4 Å². The van der Waals surface area contributed by atoms with Gasteiger partial charge in [-0.05, 0) is 5.53 Å². The molecule has 0 fully saturated rings. The Kier molecular flexibility index (Phi) is 1.80. The van der Waals surface area contributed by atoms with Gasteiger partial charge in [-0.3, -0.25) is 0 Å². The van der Waals surface area contributed by atoms with E-state index >= 15 is 0 Å². The van der Waals surface area contributed by atoms with Crippen LogP contribution in [0.4, 0.5) is 19.4 Å². The van der Waals surface area contributed by atoms with Crippen LogP contribution >= 0.6 is 10.2 Å². The SMILES string of the molecule is [N-]=[N+]=NCCS(F)(F)(F)(F)F. The third-order valence-electron chi connectivity index (χ3n) is 0.640. The monoisotopic (exact) mass is 197 g/mol. The first-order chi connectivity index (χ1) is 4.54. The predicted molar refractivity (Wildman–Crippen MR) is 32.0 cm³/mol. The lowest BCUT2D eigenvalue weighted by atomic mass is 10.8. The zero-order valence-corrected chi connectivity index (χ0v) is 5.87. The van der Waals surface area contributed by atoms with Crippen molar-refractivity contribution in [3.63, 3.8) is 0 Å². The van der Waals surface area contributed by atoms with E-state index in [1.54, 1.807) is 0 Å². The molecule has 0 bridgehead atoms. The minimum atomic E-state index is -9.34. The summed E-state index contributed by atoms with van der Waals surface area (Å²) >= 11 is 0. The van der Waals surface area contributed by atoms with Crippen LogP contribution in [-0.2, 0) is 0 Å². The number of halogens is 5. The van der Waals surface area contributed by atoms with Crippen molar-refractivity contribution in [1.82, 2.24) is 0 Å². The highest BCUT2D eigenvalue weighted by Crippen LogP contribution is 2.97. The Balaban J connectivity index is 4.27. The molecule has 0 rings (SSSR count). The summed E-state index contributed by atoms with van der Waals surface area (Å²) in [6.45, 7) is -1.26. The van der Waals surface area contributed by atoms with Crippen molar-refractivity contribution >= 4 is 10.2 Å². The van der Waals surface area contributed by atoms with Crippen LogP contribution < -0.4 is 0 Å². The lowest BCUT2D eigenvalue weighted by Gasteiger charge is -2.39. The van der Waals surface area contributed by atoms with Crippen LogP contribution in [0.25, 0.3) is 10.4 Å². The predicted octanol–water partition coefficient (Wildman–Crippen LogP) is 3.60. The number of nitrogens with zero attached hydrogens (tertiary/aromatic N) is 3. The number of hydrogen-bond donors (Lipinski definition) is 0. The van der Waals surface area contributed by atoms with Crippen molar-refractivity contribution < 1.29 is 19.4 Å². The van der Waals surface area contributed by atoms with Crippen LogP contribution in [0.3, 0.4) is 0 Å². The fraction of sp³-hybridized carbons (Fsp3) is 1.00. The third kappa shape index (κ3) is 9.31. The van der Waals surface area contributed by atoms with Crippen molar-refractivity contribution in [2.24, 2.45) is 5.11 Å². The van der Waals surface area contributed by atoms with Gasteiger partial charge < -0.3 is 0 Å². The Bertz CT molecular complexity index is 197. The van der Waals surface area contributed by atoms with Crippen LogP contribution in [0.5, 0.6) is 0 Å². The summed E-state index contributed by atoms with van der Waals surface area (Å²) in [6.07, 6.45) is 0. The van der Waals surface area contributed by atoms with E-state index in [9.17, 15) is 19.4 Å². The maximum absolute atomic E-state index is 11.4. The summed E-state index contributed by atoms with van der Waals surface area (Å²) in [4.78, 5) is 1.91. The Morgan fingerprint density at radius 1 is 1.18 bits per heavy atom. The molecule has 11 heavy (non-hydrogen) atoms. The van der Waals surface area contributed by atoms with Crippen LogP contribution in [0.1, 0.15) is 0 Å². The van der Waals surface area contributed by atoms with E-state index in [0.29, 0.717) is 0 Å². The summed E-state index contributed by atoms with van der Waals surface area (Å²) in [7, 11) is -9.34. The first kappa shape index (κ1) is 10.3. The molecule has 0 aliphatic rings. The van der Waals surface area contributed by atoms with Gasteiger partial charge in [0, 0.05) is 11.5 Å². The fourth-order valence-electron chi connectivity index (χ4n) is 0.258. The Hall–Kier alpha value is -0.690. The molecule has 9 heteroatoms. The average Bonchev–Trinajstić information content (AvgIpc) is 1.59.